The first-order valence-corrected chi connectivity index (χ1v) is 6.80. The van der Waals surface area contributed by atoms with Gasteiger partial charge in [0.05, 0.1) is 16.6 Å². The van der Waals surface area contributed by atoms with Gasteiger partial charge in [-0.2, -0.15) is 0 Å². The number of H-pyrrole nitrogens is 1. The molecule has 1 aliphatic rings. The summed E-state index contributed by atoms with van der Waals surface area (Å²) in [6.45, 7) is 1.37. The second-order valence-electron chi connectivity index (χ2n) is 5.14. The van der Waals surface area contributed by atoms with Crippen molar-refractivity contribution in [1.82, 2.24) is 14.5 Å². The van der Waals surface area contributed by atoms with Crippen molar-refractivity contribution >= 4 is 22.9 Å². The molecule has 0 saturated carbocycles. The summed E-state index contributed by atoms with van der Waals surface area (Å²) in [5, 5.41) is 9.02. The Labute approximate surface area is 119 Å². The average Bonchev–Trinajstić information content (AvgIpc) is 3.07. The SMILES string of the molecule is O=C(O)c1ccc2[nH]c(=O)n(CC(=O)N3CCCC3)c2c1. The maximum Gasteiger partial charge on any atom is 0.335 e. The Bertz CT molecular complexity index is 768. The molecule has 1 aliphatic heterocycles. The van der Waals surface area contributed by atoms with Crippen LogP contribution >= 0.6 is 0 Å². The number of amides is 1. The summed E-state index contributed by atoms with van der Waals surface area (Å²) < 4.78 is 1.29. The van der Waals surface area contributed by atoms with E-state index in [1.54, 1.807) is 4.90 Å². The molecule has 2 N–H and O–H groups in total. The number of fused-ring (bicyclic) bond motifs is 1. The Morgan fingerprint density at radius 2 is 1.95 bits per heavy atom. The van der Waals surface area contributed by atoms with Crippen molar-refractivity contribution < 1.29 is 14.7 Å². The van der Waals surface area contributed by atoms with Crippen molar-refractivity contribution in [2.45, 2.75) is 19.4 Å². The van der Waals surface area contributed by atoms with Crippen LogP contribution in [0.15, 0.2) is 23.0 Å². The predicted molar refractivity (Wildman–Crippen MR) is 75.3 cm³/mol. The summed E-state index contributed by atoms with van der Waals surface area (Å²) >= 11 is 0. The van der Waals surface area contributed by atoms with E-state index >= 15 is 0 Å². The lowest BCUT2D eigenvalue weighted by atomic mass is 10.2. The smallest absolute Gasteiger partial charge is 0.335 e. The highest BCUT2D eigenvalue weighted by molar-refractivity contribution is 5.92. The number of hydrogen-bond donors (Lipinski definition) is 2. The van der Waals surface area contributed by atoms with Crippen molar-refractivity contribution in [3.8, 4) is 0 Å². The maximum atomic E-state index is 12.2. The normalized spacial score (nSPS) is 14.8. The number of carbonyl (C=O) groups is 2. The summed E-state index contributed by atoms with van der Waals surface area (Å²) in [6.07, 6.45) is 1.97. The van der Waals surface area contributed by atoms with Gasteiger partial charge in [-0.15, -0.1) is 0 Å². The Hall–Kier alpha value is -2.57. The van der Waals surface area contributed by atoms with E-state index in [1.807, 2.05) is 0 Å². The minimum atomic E-state index is -1.07. The Morgan fingerprint density at radius 3 is 2.62 bits per heavy atom. The van der Waals surface area contributed by atoms with Gasteiger partial charge in [-0.05, 0) is 31.0 Å². The molecule has 0 radical (unpaired) electrons. The van der Waals surface area contributed by atoms with Gasteiger partial charge in [0.1, 0.15) is 6.54 Å². The Morgan fingerprint density at radius 1 is 1.24 bits per heavy atom. The van der Waals surface area contributed by atoms with Gasteiger partial charge in [0.25, 0.3) is 0 Å². The monoisotopic (exact) mass is 289 g/mol. The molecule has 3 rings (SSSR count). The van der Waals surface area contributed by atoms with E-state index < -0.39 is 11.7 Å². The lowest BCUT2D eigenvalue weighted by molar-refractivity contribution is -0.130. The van der Waals surface area contributed by atoms with Gasteiger partial charge >= 0.3 is 11.7 Å². The fourth-order valence-corrected chi connectivity index (χ4v) is 2.64. The van der Waals surface area contributed by atoms with Crippen LogP contribution in [-0.4, -0.2) is 44.5 Å². The molecule has 1 saturated heterocycles. The molecule has 0 spiro atoms. The van der Waals surface area contributed by atoms with Crippen molar-refractivity contribution in [2.24, 2.45) is 0 Å². The van der Waals surface area contributed by atoms with Gasteiger partial charge in [-0.1, -0.05) is 0 Å². The first-order valence-electron chi connectivity index (χ1n) is 6.80. The van der Waals surface area contributed by atoms with E-state index in [0.29, 0.717) is 11.0 Å². The molecule has 1 aromatic heterocycles. The lowest BCUT2D eigenvalue weighted by Gasteiger charge is -2.15. The van der Waals surface area contributed by atoms with Crippen molar-refractivity contribution in [3.63, 3.8) is 0 Å². The molecule has 0 bridgehead atoms. The molecular weight excluding hydrogens is 274 g/mol. The van der Waals surface area contributed by atoms with Gasteiger partial charge < -0.3 is 15.0 Å². The van der Waals surface area contributed by atoms with Crippen LogP contribution in [0.4, 0.5) is 0 Å². The largest absolute Gasteiger partial charge is 0.478 e. The van der Waals surface area contributed by atoms with E-state index in [0.717, 1.165) is 25.9 Å². The van der Waals surface area contributed by atoms with Crippen LogP contribution in [0.3, 0.4) is 0 Å². The highest BCUT2D eigenvalue weighted by Gasteiger charge is 2.20. The third-order valence-electron chi connectivity index (χ3n) is 3.77. The van der Waals surface area contributed by atoms with Crippen molar-refractivity contribution in [2.75, 3.05) is 13.1 Å². The minimum absolute atomic E-state index is 0.0676. The first kappa shape index (κ1) is 13.4. The number of benzene rings is 1. The Kier molecular flexibility index (Phi) is 3.25. The third kappa shape index (κ3) is 2.42. The average molecular weight is 289 g/mol. The zero-order valence-electron chi connectivity index (χ0n) is 11.3. The molecule has 2 aromatic rings. The van der Waals surface area contributed by atoms with Crippen molar-refractivity contribution in [1.29, 1.82) is 0 Å². The quantitative estimate of drug-likeness (QED) is 0.867. The number of aromatic nitrogens is 2. The summed E-state index contributed by atoms with van der Waals surface area (Å²) in [5.41, 5.74) is 0.649. The fourth-order valence-electron chi connectivity index (χ4n) is 2.64. The van der Waals surface area contributed by atoms with Gasteiger partial charge in [0.15, 0.2) is 0 Å². The number of rotatable bonds is 3. The van der Waals surface area contributed by atoms with Crippen LogP contribution in [0.2, 0.25) is 0 Å². The fraction of sp³-hybridized carbons (Fsp3) is 0.357. The van der Waals surface area contributed by atoms with Gasteiger partial charge in [0, 0.05) is 13.1 Å². The second kappa shape index (κ2) is 5.08. The number of carboxylic acids is 1. The molecule has 0 unspecified atom stereocenters. The van der Waals surface area contributed by atoms with Crippen LogP contribution < -0.4 is 5.69 Å². The van der Waals surface area contributed by atoms with E-state index in [4.69, 9.17) is 5.11 Å². The van der Waals surface area contributed by atoms with E-state index in [2.05, 4.69) is 4.98 Å². The number of aromatic amines is 1. The molecular formula is C14H15N3O4. The zero-order chi connectivity index (χ0) is 15.0. The number of nitrogens with zero attached hydrogens (tertiary/aromatic N) is 2. The summed E-state index contributed by atoms with van der Waals surface area (Å²) in [5.74, 6) is -1.18. The number of hydrogen-bond acceptors (Lipinski definition) is 3. The van der Waals surface area contributed by atoms with Gasteiger partial charge in [-0.3, -0.25) is 9.36 Å². The van der Waals surface area contributed by atoms with Gasteiger partial charge in [0.2, 0.25) is 5.91 Å². The standard InChI is InChI=1S/C14H15N3O4/c18-12(16-5-1-2-6-16)8-17-11-7-9(13(19)20)3-4-10(11)15-14(17)21/h3-4,7H,1-2,5-6,8H2,(H,15,21)(H,19,20). The van der Waals surface area contributed by atoms with E-state index in [1.165, 1.54) is 22.8 Å². The number of carboxylic acid groups (broad SMARTS) is 1. The lowest BCUT2D eigenvalue weighted by Crippen LogP contribution is -2.33. The summed E-state index contributed by atoms with van der Waals surface area (Å²) in [4.78, 5) is 39.5. The molecule has 110 valence electrons. The molecule has 1 amide bonds. The summed E-state index contributed by atoms with van der Waals surface area (Å²) in [7, 11) is 0. The molecule has 1 aromatic carbocycles. The summed E-state index contributed by atoms with van der Waals surface area (Å²) in [6, 6.07) is 4.37. The number of likely N-dealkylation sites (tertiary alicyclic amines) is 1. The third-order valence-corrected chi connectivity index (χ3v) is 3.77. The number of carbonyl (C=O) groups excluding carboxylic acids is 1. The highest BCUT2D eigenvalue weighted by Crippen LogP contribution is 2.14. The van der Waals surface area contributed by atoms with Gasteiger partial charge in [-0.25, -0.2) is 9.59 Å². The number of imidazole rings is 1. The van der Waals surface area contributed by atoms with Crippen LogP contribution in [-0.2, 0) is 11.3 Å². The highest BCUT2D eigenvalue weighted by atomic mass is 16.4. The maximum absolute atomic E-state index is 12.2. The van der Waals surface area contributed by atoms with Crippen LogP contribution in [0, 0.1) is 0 Å². The van der Waals surface area contributed by atoms with Crippen LogP contribution in [0.25, 0.3) is 11.0 Å². The van der Waals surface area contributed by atoms with Crippen molar-refractivity contribution in [3.05, 3.63) is 34.2 Å². The molecule has 1 fully saturated rings. The molecule has 0 atom stereocenters. The molecule has 7 nitrogen and oxygen atoms in total. The van der Waals surface area contributed by atoms with E-state index in [9.17, 15) is 14.4 Å². The molecule has 7 heteroatoms. The topological polar surface area (TPSA) is 95.4 Å². The number of nitrogens with one attached hydrogen (secondary N) is 1. The molecule has 21 heavy (non-hydrogen) atoms. The van der Waals surface area contributed by atoms with Crippen LogP contribution in [0.1, 0.15) is 23.2 Å². The second-order valence-corrected chi connectivity index (χ2v) is 5.14. The Balaban J connectivity index is 1.98. The first-order chi connectivity index (χ1) is 10.1. The molecule has 0 aliphatic carbocycles. The van der Waals surface area contributed by atoms with Crippen LogP contribution in [0.5, 0.6) is 0 Å². The zero-order valence-corrected chi connectivity index (χ0v) is 11.3. The van der Waals surface area contributed by atoms with E-state index in [-0.39, 0.29) is 18.0 Å². The number of aromatic carboxylic acids is 1. The minimum Gasteiger partial charge on any atom is -0.478 e. The predicted octanol–water partition coefficient (Wildman–Crippen LogP) is 0.650. The molecule has 2 heterocycles.